The van der Waals surface area contributed by atoms with E-state index in [4.69, 9.17) is 9.97 Å². The van der Waals surface area contributed by atoms with Crippen LogP contribution in [0, 0.1) is 0 Å². The third kappa shape index (κ3) is 8.84. The summed E-state index contributed by atoms with van der Waals surface area (Å²) in [4.78, 5) is 18.7. The average Bonchev–Trinajstić information content (AvgIpc) is 3.52. The van der Waals surface area contributed by atoms with Crippen molar-refractivity contribution < 1.29 is 0 Å². The monoisotopic (exact) mass is 585 g/mol. The van der Waals surface area contributed by atoms with E-state index in [0.717, 1.165) is 87.6 Å². The van der Waals surface area contributed by atoms with E-state index in [1.165, 1.54) is 24.9 Å². The molecule has 4 aromatic rings. The molecule has 230 valence electrons. The van der Waals surface area contributed by atoms with Crippen LogP contribution in [0.3, 0.4) is 0 Å². The van der Waals surface area contributed by atoms with E-state index in [-0.39, 0.29) is 0 Å². The lowest BCUT2D eigenvalue weighted by atomic mass is 10.1. The maximum atomic E-state index is 4.97. The van der Waals surface area contributed by atoms with Crippen LogP contribution in [0.4, 0.5) is 17.5 Å². The standard InChI is InChI=1S/C32H47N11/c1-3-9-26(4-2)35-16-7-14-33-15-8-19-43-25-27(39-40-43)24-36-32-37-30-11-6-5-10-29(30)31(38-32)42-22-20-41(21-23-42)28-12-17-34-18-13-28/h5-6,10-13,17-18,25-26,33,35H,3-4,7-9,14-16,19-24H2,1-2H3,(H,36,37,38). The fraction of sp³-hybridized carbons (Fsp3) is 0.531. The zero-order valence-corrected chi connectivity index (χ0v) is 25.8. The van der Waals surface area contributed by atoms with E-state index in [9.17, 15) is 0 Å². The van der Waals surface area contributed by atoms with Crippen LogP contribution >= 0.6 is 0 Å². The number of hydrogen-bond acceptors (Lipinski definition) is 10. The van der Waals surface area contributed by atoms with Crippen molar-refractivity contribution in [3.8, 4) is 0 Å². The number of pyridine rings is 1. The number of nitrogens with zero attached hydrogens (tertiary/aromatic N) is 8. The number of aromatic nitrogens is 6. The molecular formula is C32H47N11. The summed E-state index contributed by atoms with van der Waals surface area (Å²) in [6.45, 7) is 12.6. The van der Waals surface area contributed by atoms with Crippen LogP contribution in [0.25, 0.3) is 10.9 Å². The number of benzene rings is 1. The molecule has 1 aliphatic heterocycles. The van der Waals surface area contributed by atoms with Crippen molar-refractivity contribution in [1.29, 1.82) is 0 Å². The first-order valence-electron chi connectivity index (χ1n) is 16.0. The number of piperazine rings is 1. The first kappa shape index (κ1) is 30.6. The van der Waals surface area contributed by atoms with Crippen molar-refractivity contribution in [2.24, 2.45) is 0 Å². The third-order valence-corrected chi connectivity index (χ3v) is 8.04. The van der Waals surface area contributed by atoms with Crippen molar-refractivity contribution in [3.05, 3.63) is 60.7 Å². The predicted molar refractivity (Wildman–Crippen MR) is 175 cm³/mol. The fourth-order valence-corrected chi connectivity index (χ4v) is 5.62. The highest BCUT2D eigenvalue weighted by Gasteiger charge is 2.21. The largest absolute Gasteiger partial charge is 0.368 e. The molecule has 0 bridgehead atoms. The summed E-state index contributed by atoms with van der Waals surface area (Å²) in [5, 5.41) is 20.4. The van der Waals surface area contributed by atoms with Crippen LogP contribution in [0.5, 0.6) is 0 Å². The van der Waals surface area contributed by atoms with Crippen LogP contribution in [-0.2, 0) is 13.1 Å². The summed E-state index contributed by atoms with van der Waals surface area (Å²) in [6, 6.07) is 13.0. The predicted octanol–water partition coefficient (Wildman–Crippen LogP) is 4.09. The Hall–Kier alpha value is -3.83. The number of nitrogens with one attached hydrogen (secondary N) is 3. The zero-order chi connectivity index (χ0) is 29.7. The number of hydrogen-bond donors (Lipinski definition) is 3. The van der Waals surface area contributed by atoms with E-state index < -0.39 is 0 Å². The van der Waals surface area contributed by atoms with Crippen LogP contribution in [0.15, 0.2) is 55.0 Å². The number of para-hydroxylation sites is 1. The molecule has 0 amide bonds. The second-order valence-corrected chi connectivity index (χ2v) is 11.2. The minimum Gasteiger partial charge on any atom is -0.368 e. The van der Waals surface area contributed by atoms with Crippen molar-refractivity contribution in [3.63, 3.8) is 0 Å². The van der Waals surface area contributed by atoms with Gasteiger partial charge in [0.05, 0.1) is 18.3 Å². The van der Waals surface area contributed by atoms with Crippen LogP contribution in [0.2, 0.25) is 0 Å². The van der Waals surface area contributed by atoms with Gasteiger partial charge < -0.3 is 25.8 Å². The van der Waals surface area contributed by atoms with Crippen LogP contribution in [-0.4, -0.2) is 81.8 Å². The summed E-state index contributed by atoms with van der Waals surface area (Å²) in [6.07, 6.45) is 11.6. The van der Waals surface area contributed by atoms with Crippen LogP contribution < -0.4 is 25.8 Å². The molecule has 1 saturated heterocycles. The van der Waals surface area contributed by atoms with Crippen molar-refractivity contribution in [2.75, 3.05) is 60.9 Å². The Morgan fingerprint density at radius 1 is 0.884 bits per heavy atom. The maximum Gasteiger partial charge on any atom is 0.225 e. The van der Waals surface area contributed by atoms with Gasteiger partial charge in [-0.05, 0) is 69.6 Å². The molecule has 1 aromatic carbocycles. The summed E-state index contributed by atoms with van der Waals surface area (Å²) >= 11 is 0. The molecule has 5 rings (SSSR count). The topological polar surface area (TPSA) is 112 Å². The summed E-state index contributed by atoms with van der Waals surface area (Å²) in [7, 11) is 0. The van der Waals surface area contributed by atoms with Gasteiger partial charge in [0.25, 0.3) is 0 Å². The molecule has 0 aliphatic carbocycles. The quantitative estimate of drug-likeness (QED) is 0.157. The Bertz CT molecular complexity index is 1370. The number of fused-ring (bicyclic) bond motifs is 1. The first-order valence-corrected chi connectivity index (χ1v) is 16.0. The highest BCUT2D eigenvalue weighted by Crippen LogP contribution is 2.27. The minimum atomic E-state index is 0.523. The van der Waals surface area contributed by atoms with Crippen molar-refractivity contribution in [1.82, 2.24) is 40.6 Å². The first-order chi connectivity index (χ1) is 21.2. The number of rotatable bonds is 17. The summed E-state index contributed by atoms with van der Waals surface area (Å²) in [5.74, 6) is 1.58. The Balaban J connectivity index is 1.08. The fourth-order valence-electron chi connectivity index (χ4n) is 5.62. The molecule has 0 spiro atoms. The molecule has 1 aliphatic rings. The molecule has 43 heavy (non-hydrogen) atoms. The second kappa shape index (κ2) is 16.1. The van der Waals surface area contributed by atoms with E-state index in [2.05, 4.69) is 79.2 Å². The molecule has 11 heteroatoms. The van der Waals surface area contributed by atoms with Gasteiger partial charge in [0.2, 0.25) is 5.95 Å². The Labute approximate surface area is 255 Å². The van der Waals surface area contributed by atoms with Crippen LogP contribution in [0.1, 0.15) is 51.6 Å². The maximum absolute atomic E-state index is 4.97. The van der Waals surface area contributed by atoms with Gasteiger partial charge in [0, 0.05) is 62.2 Å². The van der Waals surface area contributed by atoms with Gasteiger partial charge in [-0.1, -0.05) is 37.6 Å². The molecule has 1 unspecified atom stereocenters. The van der Waals surface area contributed by atoms with Gasteiger partial charge in [0.1, 0.15) is 11.5 Å². The van der Waals surface area contributed by atoms with Gasteiger partial charge in [-0.2, -0.15) is 4.98 Å². The van der Waals surface area contributed by atoms with Gasteiger partial charge in [-0.3, -0.25) is 9.67 Å². The molecule has 3 N–H and O–H groups in total. The van der Waals surface area contributed by atoms with Crippen molar-refractivity contribution >= 4 is 28.4 Å². The second-order valence-electron chi connectivity index (χ2n) is 11.2. The number of anilines is 3. The Morgan fingerprint density at radius 3 is 2.49 bits per heavy atom. The van der Waals surface area contributed by atoms with E-state index in [0.29, 0.717) is 18.5 Å². The number of aryl methyl sites for hydroxylation is 1. The van der Waals surface area contributed by atoms with E-state index >= 15 is 0 Å². The zero-order valence-electron chi connectivity index (χ0n) is 25.8. The van der Waals surface area contributed by atoms with E-state index in [1.807, 2.05) is 35.4 Å². The lowest BCUT2D eigenvalue weighted by Crippen LogP contribution is -2.47. The molecule has 3 aromatic heterocycles. The summed E-state index contributed by atoms with van der Waals surface area (Å²) in [5.41, 5.74) is 3.02. The SMILES string of the molecule is CCCC(CC)NCCCNCCCn1cc(CNc2nc(N3CCN(c4ccncc4)CC3)c3ccccc3n2)nn1. The van der Waals surface area contributed by atoms with E-state index in [1.54, 1.807) is 0 Å². The van der Waals surface area contributed by atoms with Crippen molar-refractivity contribution in [2.45, 2.75) is 65.1 Å². The van der Waals surface area contributed by atoms with Gasteiger partial charge in [-0.25, -0.2) is 4.98 Å². The molecule has 0 radical (unpaired) electrons. The third-order valence-electron chi connectivity index (χ3n) is 8.04. The normalized spacial score (nSPS) is 14.4. The highest BCUT2D eigenvalue weighted by atomic mass is 15.4. The Kier molecular flexibility index (Phi) is 11.5. The minimum absolute atomic E-state index is 0.523. The summed E-state index contributed by atoms with van der Waals surface area (Å²) < 4.78 is 1.92. The molecule has 1 atom stereocenters. The molecular weight excluding hydrogens is 538 g/mol. The van der Waals surface area contributed by atoms with Gasteiger partial charge in [-0.15, -0.1) is 5.10 Å². The lowest BCUT2D eigenvalue weighted by molar-refractivity contribution is 0.451. The molecule has 4 heterocycles. The highest BCUT2D eigenvalue weighted by molar-refractivity contribution is 5.90. The van der Waals surface area contributed by atoms with Gasteiger partial charge in [0.15, 0.2) is 0 Å². The average molecular weight is 586 g/mol. The molecule has 11 nitrogen and oxygen atoms in total. The lowest BCUT2D eigenvalue weighted by Gasteiger charge is -2.37. The molecule has 0 saturated carbocycles. The smallest absolute Gasteiger partial charge is 0.225 e. The van der Waals surface area contributed by atoms with Gasteiger partial charge >= 0.3 is 0 Å². The molecule has 1 fully saturated rings. The Morgan fingerprint density at radius 2 is 1.67 bits per heavy atom.